The molecule has 2 aromatic rings. The number of urea groups is 1. The smallest absolute Gasteiger partial charge is 0.306 e. The third-order valence-electron chi connectivity index (χ3n) is 2.93. The summed E-state index contributed by atoms with van der Waals surface area (Å²) in [6, 6.07) is 6.87. The Bertz CT molecular complexity index is 668. The van der Waals surface area contributed by atoms with Crippen molar-refractivity contribution in [2.75, 3.05) is 10.6 Å². The molecule has 0 saturated heterocycles. The zero-order valence-electron chi connectivity index (χ0n) is 12.0. The van der Waals surface area contributed by atoms with Gasteiger partial charge < -0.3 is 5.32 Å². The van der Waals surface area contributed by atoms with E-state index in [1.54, 1.807) is 29.5 Å². The number of hydrogen-bond donors (Lipinski definition) is 2. The van der Waals surface area contributed by atoms with Gasteiger partial charge in [-0.25, -0.2) is 4.79 Å². The molecule has 0 aliphatic heterocycles. The maximum atomic E-state index is 12.1. The average molecular weight is 343 g/mol. The SMILES string of the molecule is Cc1cc(C(C)C)sc1NC(=O)Nc1cccc(Cl)c1Cl. The van der Waals surface area contributed by atoms with Gasteiger partial charge in [-0.3, -0.25) is 5.32 Å². The molecule has 1 heterocycles. The molecule has 0 fully saturated rings. The average Bonchev–Trinajstić information content (AvgIpc) is 2.77. The van der Waals surface area contributed by atoms with Crippen molar-refractivity contribution in [1.29, 1.82) is 0 Å². The van der Waals surface area contributed by atoms with E-state index in [9.17, 15) is 4.79 Å². The fraction of sp³-hybridized carbons (Fsp3) is 0.267. The lowest BCUT2D eigenvalue weighted by atomic mass is 10.1. The van der Waals surface area contributed by atoms with Crippen molar-refractivity contribution in [3.63, 3.8) is 0 Å². The second kappa shape index (κ2) is 6.69. The lowest BCUT2D eigenvalue weighted by Gasteiger charge is -2.09. The predicted octanol–water partition coefficient (Wildman–Crippen LogP) is 6.13. The van der Waals surface area contributed by atoms with E-state index in [0.29, 0.717) is 21.7 Å². The Morgan fingerprint density at radius 1 is 1.24 bits per heavy atom. The fourth-order valence-corrected chi connectivity index (χ4v) is 3.19. The van der Waals surface area contributed by atoms with Gasteiger partial charge in [0.25, 0.3) is 0 Å². The van der Waals surface area contributed by atoms with Gasteiger partial charge in [0.15, 0.2) is 0 Å². The Hall–Kier alpha value is -1.23. The van der Waals surface area contributed by atoms with E-state index in [4.69, 9.17) is 23.2 Å². The number of thiophene rings is 1. The van der Waals surface area contributed by atoms with E-state index >= 15 is 0 Å². The van der Waals surface area contributed by atoms with Crippen molar-refractivity contribution < 1.29 is 4.79 Å². The van der Waals surface area contributed by atoms with Crippen molar-refractivity contribution in [2.24, 2.45) is 0 Å². The van der Waals surface area contributed by atoms with Crippen LogP contribution in [-0.4, -0.2) is 6.03 Å². The summed E-state index contributed by atoms with van der Waals surface area (Å²) in [5.74, 6) is 0.440. The summed E-state index contributed by atoms with van der Waals surface area (Å²) in [6.07, 6.45) is 0. The lowest BCUT2D eigenvalue weighted by molar-refractivity contribution is 0.262. The van der Waals surface area contributed by atoms with E-state index in [2.05, 4.69) is 30.5 Å². The van der Waals surface area contributed by atoms with Gasteiger partial charge in [0.1, 0.15) is 0 Å². The maximum Gasteiger partial charge on any atom is 0.324 e. The quantitative estimate of drug-likeness (QED) is 0.691. The zero-order chi connectivity index (χ0) is 15.6. The highest BCUT2D eigenvalue weighted by Crippen LogP contribution is 2.33. The largest absolute Gasteiger partial charge is 0.324 e. The first-order valence-electron chi connectivity index (χ1n) is 6.51. The zero-order valence-corrected chi connectivity index (χ0v) is 14.3. The van der Waals surface area contributed by atoms with Gasteiger partial charge in [0.05, 0.1) is 20.7 Å². The molecular formula is C15H16Cl2N2OS. The Balaban J connectivity index is 2.10. The molecule has 2 N–H and O–H groups in total. The molecule has 2 amide bonds. The lowest BCUT2D eigenvalue weighted by Crippen LogP contribution is -2.19. The molecular weight excluding hydrogens is 327 g/mol. The van der Waals surface area contributed by atoms with Crippen molar-refractivity contribution >= 4 is 51.3 Å². The topological polar surface area (TPSA) is 41.1 Å². The molecule has 0 aliphatic rings. The number of nitrogens with one attached hydrogen (secondary N) is 2. The number of hydrogen-bond acceptors (Lipinski definition) is 2. The summed E-state index contributed by atoms with van der Waals surface area (Å²) in [5, 5.41) is 7.13. The van der Waals surface area contributed by atoms with E-state index in [1.165, 1.54) is 4.88 Å². The van der Waals surface area contributed by atoms with E-state index in [-0.39, 0.29) is 6.03 Å². The Kier molecular flexibility index (Phi) is 5.14. The van der Waals surface area contributed by atoms with Crippen LogP contribution in [0.5, 0.6) is 0 Å². The van der Waals surface area contributed by atoms with Crippen LogP contribution in [0.4, 0.5) is 15.5 Å². The number of carbonyl (C=O) groups is 1. The second-order valence-electron chi connectivity index (χ2n) is 5.00. The van der Waals surface area contributed by atoms with Crippen LogP contribution < -0.4 is 10.6 Å². The van der Waals surface area contributed by atoms with E-state index < -0.39 is 0 Å². The van der Waals surface area contributed by atoms with Crippen molar-refractivity contribution in [3.8, 4) is 0 Å². The van der Waals surface area contributed by atoms with Crippen molar-refractivity contribution in [1.82, 2.24) is 0 Å². The molecule has 1 aromatic heterocycles. The Morgan fingerprint density at radius 2 is 1.95 bits per heavy atom. The van der Waals surface area contributed by atoms with Crippen LogP contribution in [0.15, 0.2) is 24.3 Å². The van der Waals surface area contributed by atoms with Crippen LogP contribution in [0.25, 0.3) is 0 Å². The number of halogens is 2. The number of aryl methyl sites for hydroxylation is 1. The number of benzene rings is 1. The molecule has 0 unspecified atom stereocenters. The minimum Gasteiger partial charge on any atom is -0.306 e. The minimum absolute atomic E-state index is 0.333. The van der Waals surface area contributed by atoms with Gasteiger partial charge in [-0.1, -0.05) is 43.1 Å². The third kappa shape index (κ3) is 3.90. The fourth-order valence-electron chi connectivity index (χ4n) is 1.77. The molecule has 0 radical (unpaired) electrons. The number of amides is 2. The first-order chi connectivity index (χ1) is 9.88. The highest BCUT2D eigenvalue weighted by Gasteiger charge is 2.12. The predicted molar refractivity (Wildman–Crippen MR) is 92.2 cm³/mol. The minimum atomic E-state index is -0.334. The standard InChI is InChI=1S/C15H16Cl2N2OS/c1-8(2)12-7-9(3)14(21-12)19-15(20)18-11-6-4-5-10(16)13(11)17/h4-8H,1-3H3,(H2,18,19,20). The molecule has 3 nitrogen and oxygen atoms in total. The van der Waals surface area contributed by atoms with Crippen LogP contribution in [0.1, 0.15) is 30.2 Å². The molecule has 0 aliphatic carbocycles. The summed E-state index contributed by atoms with van der Waals surface area (Å²) >= 11 is 13.5. The van der Waals surface area contributed by atoms with Gasteiger partial charge in [0.2, 0.25) is 0 Å². The Labute approximate surface area is 138 Å². The number of rotatable bonds is 3. The normalized spacial score (nSPS) is 10.8. The first kappa shape index (κ1) is 16.1. The molecule has 6 heteroatoms. The van der Waals surface area contributed by atoms with Gasteiger partial charge in [-0.2, -0.15) is 0 Å². The number of anilines is 2. The monoisotopic (exact) mass is 342 g/mol. The molecule has 21 heavy (non-hydrogen) atoms. The summed E-state index contributed by atoms with van der Waals surface area (Å²) < 4.78 is 0. The molecule has 0 spiro atoms. The van der Waals surface area contributed by atoms with Crippen LogP contribution in [0, 0.1) is 6.92 Å². The maximum absolute atomic E-state index is 12.1. The van der Waals surface area contributed by atoms with Crippen LogP contribution in [0.2, 0.25) is 10.0 Å². The highest BCUT2D eigenvalue weighted by molar-refractivity contribution is 7.16. The molecule has 0 atom stereocenters. The van der Waals surface area contributed by atoms with Gasteiger partial charge in [0, 0.05) is 4.88 Å². The van der Waals surface area contributed by atoms with E-state index in [1.807, 2.05) is 6.92 Å². The summed E-state index contributed by atoms with van der Waals surface area (Å²) in [6.45, 7) is 6.23. The molecule has 0 saturated carbocycles. The summed E-state index contributed by atoms with van der Waals surface area (Å²) in [5.41, 5.74) is 1.54. The van der Waals surface area contributed by atoms with Crippen molar-refractivity contribution in [3.05, 3.63) is 44.8 Å². The Morgan fingerprint density at radius 3 is 2.57 bits per heavy atom. The number of carbonyl (C=O) groups excluding carboxylic acids is 1. The van der Waals surface area contributed by atoms with Gasteiger partial charge >= 0.3 is 6.03 Å². The highest BCUT2D eigenvalue weighted by atomic mass is 35.5. The van der Waals surface area contributed by atoms with Crippen LogP contribution in [-0.2, 0) is 0 Å². The van der Waals surface area contributed by atoms with Gasteiger partial charge in [-0.15, -0.1) is 11.3 Å². The molecule has 112 valence electrons. The van der Waals surface area contributed by atoms with E-state index in [0.717, 1.165) is 10.6 Å². The summed E-state index contributed by atoms with van der Waals surface area (Å²) in [7, 11) is 0. The molecule has 1 aromatic carbocycles. The van der Waals surface area contributed by atoms with Crippen molar-refractivity contribution in [2.45, 2.75) is 26.7 Å². The summed E-state index contributed by atoms with van der Waals surface area (Å²) in [4.78, 5) is 13.3. The van der Waals surface area contributed by atoms with Crippen LogP contribution in [0.3, 0.4) is 0 Å². The van der Waals surface area contributed by atoms with Crippen LogP contribution >= 0.6 is 34.5 Å². The molecule has 2 rings (SSSR count). The van der Waals surface area contributed by atoms with Gasteiger partial charge in [-0.05, 0) is 36.6 Å². The molecule has 0 bridgehead atoms. The third-order valence-corrected chi connectivity index (χ3v) is 5.20. The first-order valence-corrected chi connectivity index (χ1v) is 8.08. The second-order valence-corrected chi connectivity index (χ2v) is 6.87.